The van der Waals surface area contributed by atoms with Crippen LogP contribution in [0.3, 0.4) is 0 Å². The van der Waals surface area contributed by atoms with Crippen LogP contribution in [0.4, 0.5) is 8.78 Å². The molecule has 3 rings (SSSR count). The van der Waals surface area contributed by atoms with Gasteiger partial charge in [0, 0.05) is 11.6 Å². The fourth-order valence-corrected chi connectivity index (χ4v) is 3.98. The molecule has 1 saturated carbocycles. The molecule has 3 atom stereocenters. The number of carboxylic acids is 1. The molecule has 1 aromatic rings. The summed E-state index contributed by atoms with van der Waals surface area (Å²) in [7, 11) is 0. The largest absolute Gasteiger partial charge is 0.480 e. The number of carbonyl (C=O) groups excluding carboxylic acids is 1. The Morgan fingerprint density at radius 1 is 1.17 bits per heavy atom. The molecule has 4 nitrogen and oxygen atoms in total. The highest BCUT2D eigenvalue weighted by Gasteiger charge is 2.47. The molecule has 1 aromatic carbocycles. The molecule has 0 aromatic heterocycles. The van der Waals surface area contributed by atoms with Crippen molar-refractivity contribution in [2.75, 3.05) is 0 Å². The van der Waals surface area contributed by atoms with Crippen LogP contribution < -0.4 is 0 Å². The summed E-state index contributed by atoms with van der Waals surface area (Å²) in [4.78, 5) is 25.5. The number of nitrogens with zero attached hydrogens (tertiary/aromatic N) is 1. The summed E-state index contributed by atoms with van der Waals surface area (Å²) in [6.07, 6.45) is 3.66. The number of halogens is 2. The number of benzene rings is 1. The van der Waals surface area contributed by atoms with Gasteiger partial charge in [-0.1, -0.05) is 18.9 Å². The van der Waals surface area contributed by atoms with Gasteiger partial charge in [-0.2, -0.15) is 0 Å². The van der Waals surface area contributed by atoms with Gasteiger partial charge < -0.3 is 10.0 Å². The van der Waals surface area contributed by atoms with E-state index in [1.165, 1.54) is 11.0 Å². The lowest BCUT2D eigenvalue weighted by atomic mass is 9.84. The molecule has 0 radical (unpaired) electrons. The van der Waals surface area contributed by atoms with E-state index in [4.69, 9.17) is 0 Å². The van der Waals surface area contributed by atoms with Crippen LogP contribution in [0.1, 0.15) is 37.7 Å². The zero-order valence-corrected chi connectivity index (χ0v) is 12.7. The predicted octanol–water partition coefficient (Wildman–Crippen LogP) is 2.75. The van der Waals surface area contributed by atoms with E-state index in [-0.39, 0.29) is 17.5 Å². The summed E-state index contributed by atoms with van der Waals surface area (Å²) in [5.41, 5.74) is -0.291. The standard InChI is InChI=1S/C17H19F2NO3/c18-12-5-3-6-13(19)11(12)9-16(21)20-14-7-2-1-4-10(14)8-15(20)17(22)23/h3,5-6,10,14-15H,1-2,4,7-9H2,(H,22,23). The van der Waals surface area contributed by atoms with Gasteiger partial charge >= 0.3 is 5.97 Å². The third-order valence-electron chi connectivity index (χ3n) is 5.05. The van der Waals surface area contributed by atoms with Crippen molar-refractivity contribution in [1.82, 2.24) is 4.90 Å². The van der Waals surface area contributed by atoms with Crippen LogP contribution in [-0.4, -0.2) is 34.0 Å². The number of carboxylic acid groups (broad SMARTS) is 1. The van der Waals surface area contributed by atoms with Gasteiger partial charge in [-0.15, -0.1) is 0 Å². The second-order valence-electron chi connectivity index (χ2n) is 6.38. The number of fused-ring (bicyclic) bond motifs is 1. The van der Waals surface area contributed by atoms with Crippen molar-refractivity contribution in [1.29, 1.82) is 0 Å². The lowest BCUT2D eigenvalue weighted by molar-refractivity contribution is -0.149. The molecule has 1 aliphatic carbocycles. The van der Waals surface area contributed by atoms with Crippen molar-refractivity contribution < 1.29 is 23.5 Å². The first-order valence-corrected chi connectivity index (χ1v) is 7.96. The minimum absolute atomic E-state index is 0.118. The van der Waals surface area contributed by atoms with Gasteiger partial charge in [-0.05, 0) is 37.3 Å². The summed E-state index contributed by atoms with van der Waals surface area (Å²) >= 11 is 0. The van der Waals surface area contributed by atoms with Gasteiger partial charge in [-0.3, -0.25) is 4.79 Å². The first kappa shape index (κ1) is 15.9. The maximum Gasteiger partial charge on any atom is 0.326 e. The van der Waals surface area contributed by atoms with Crippen molar-refractivity contribution in [2.45, 2.75) is 50.6 Å². The van der Waals surface area contributed by atoms with E-state index in [1.807, 2.05) is 0 Å². The van der Waals surface area contributed by atoms with Gasteiger partial charge in [0.25, 0.3) is 0 Å². The Balaban J connectivity index is 1.85. The molecule has 0 spiro atoms. The minimum Gasteiger partial charge on any atom is -0.480 e. The van der Waals surface area contributed by atoms with Gasteiger partial charge in [-0.25, -0.2) is 13.6 Å². The third kappa shape index (κ3) is 2.94. The summed E-state index contributed by atoms with van der Waals surface area (Å²) < 4.78 is 27.5. The molecule has 23 heavy (non-hydrogen) atoms. The molecule has 1 aliphatic heterocycles. The number of aliphatic carboxylic acids is 1. The first-order chi connectivity index (χ1) is 11.0. The van der Waals surface area contributed by atoms with E-state index in [0.29, 0.717) is 6.42 Å². The molecule has 3 unspecified atom stereocenters. The summed E-state index contributed by atoms with van der Waals surface area (Å²) in [5.74, 6) is -2.91. The number of hydrogen-bond donors (Lipinski definition) is 1. The maximum atomic E-state index is 13.8. The van der Waals surface area contributed by atoms with Crippen LogP contribution in [0.2, 0.25) is 0 Å². The Kier molecular flexibility index (Phi) is 4.33. The van der Waals surface area contributed by atoms with E-state index in [2.05, 4.69) is 0 Å². The van der Waals surface area contributed by atoms with Crippen molar-refractivity contribution >= 4 is 11.9 Å². The zero-order chi connectivity index (χ0) is 16.6. The van der Waals surface area contributed by atoms with E-state index in [1.54, 1.807) is 0 Å². The molecule has 124 valence electrons. The fourth-order valence-electron chi connectivity index (χ4n) is 3.98. The average Bonchev–Trinajstić information content (AvgIpc) is 2.91. The third-order valence-corrected chi connectivity index (χ3v) is 5.05. The minimum atomic E-state index is -1.04. The second kappa shape index (κ2) is 6.26. The Morgan fingerprint density at radius 3 is 2.48 bits per heavy atom. The highest BCUT2D eigenvalue weighted by Crippen LogP contribution is 2.40. The zero-order valence-electron chi connectivity index (χ0n) is 12.7. The summed E-state index contributed by atoms with van der Waals surface area (Å²) in [6, 6.07) is 2.45. The highest BCUT2D eigenvalue weighted by atomic mass is 19.1. The second-order valence-corrected chi connectivity index (χ2v) is 6.38. The quantitative estimate of drug-likeness (QED) is 0.930. The van der Waals surface area contributed by atoms with Gasteiger partial charge in [0.05, 0.1) is 6.42 Å². The number of rotatable bonds is 3. The average molecular weight is 323 g/mol. The van der Waals surface area contributed by atoms with Crippen molar-refractivity contribution in [3.8, 4) is 0 Å². The molecule has 1 heterocycles. The smallest absolute Gasteiger partial charge is 0.326 e. The Morgan fingerprint density at radius 2 is 1.83 bits per heavy atom. The molecule has 1 N–H and O–H groups in total. The fraction of sp³-hybridized carbons (Fsp3) is 0.529. The number of carbonyl (C=O) groups is 2. The highest BCUT2D eigenvalue weighted by molar-refractivity contribution is 5.86. The molecule has 2 aliphatic rings. The monoisotopic (exact) mass is 323 g/mol. The topological polar surface area (TPSA) is 57.6 Å². The number of hydrogen-bond acceptors (Lipinski definition) is 2. The van der Waals surface area contributed by atoms with E-state index >= 15 is 0 Å². The Hall–Kier alpha value is -1.98. The van der Waals surface area contributed by atoms with Crippen LogP contribution in [0.15, 0.2) is 18.2 Å². The molecular formula is C17H19F2NO3. The lowest BCUT2D eigenvalue weighted by Gasteiger charge is -2.33. The van der Waals surface area contributed by atoms with E-state index in [9.17, 15) is 23.5 Å². The van der Waals surface area contributed by atoms with Crippen molar-refractivity contribution in [3.05, 3.63) is 35.4 Å². The van der Waals surface area contributed by atoms with Crippen LogP contribution in [0, 0.1) is 17.6 Å². The van der Waals surface area contributed by atoms with E-state index in [0.717, 1.165) is 37.8 Å². The molecule has 0 bridgehead atoms. The molecule has 1 amide bonds. The van der Waals surface area contributed by atoms with Gasteiger partial charge in [0.15, 0.2) is 0 Å². The SMILES string of the molecule is O=C(O)C1CC2CCCCC2N1C(=O)Cc1c(F)cccc1F. The van der Waals surface area contributed by atoms with Crippen LogP contribution in [-0.2, 0) is 16.0 Å². The van der Waals surface area contributed by atoms with Gasteiger partial charge in [0.1, 0.15) is 17.7 Å². The number of amides is 1. The van der Waals surface area contributed by atoms with Gasteiger partial charge in [0.2, 0.25) is 5.91 Å². The number of likely N-dealkylation sites (tertiary alicyclic amines) is 1. The van der Waals surface area contributed by atoms with E-state index < -0.39 is 36.0 Å². The van der Waals surface area contributed by atoms with Crippen molar-refractivity contribution in [2.24, 2.45) is 5.92 Å². The molecular weight excluding hydrogens is 304 g/mol. The lowest BCUT2D eigenvalue weighted by Crippen LogP contribution is -2.47. The summed E-state index contributed by atoms with van der Waals surface area (Å²) in [6.45, 7) is 0. The maximum absolute atomic E-state index is 13.8. The molecule has 2 fully saturated rings. The predicted molar refractivity (Wildman–Crippen MR) is 78.7 cm³/mol. The van der Waals surface area contributed by atoms with Crippen LogP contribution in [0.25, 0.3) is 0 Å². The molecule has 6 heteroatoms. The van der Waals surface area contributed by atoms with Crippen LogP contribution >= 0.6 is 0 Å². The first-order valence-electron chi connectivity index (χ1n) is 7.96. The molecule has 1 saturated heterocycles. The van der Waals surface area contributed by atoms with Crippen LogP contribution in [0.5, 0.6) is 0 Å². The Labute approximate surface area is 133 Å². The summed E-state index contributed by atoms with van der Waals surface area (Å²) in [5, 5.41) is 9.41. The van der Waals surface area contributed by atoms with Crippen molar-refractivity contribution in [3.63, 3.8) is 0 Å². The normalized spacial score (nSPS) is 26.9. The Bertz CT molecular complexity index is 614.